The third kappa shape index (κ3) is 6.62. The monoisotopic (exact) mass is 290 g/mol. The van der Waals surface area contributed by atoms with Gasteiger partial charge in [0.05, 0.1) is 0 Å². The predicted molar refractivity (Wildman–Crippen MR) is 93.8 cm³/mol. The zero-order chi connectivity index (χ0) is 15.8. The van der Waals surface area contributed by atoms with Gasteiger partial charge in [-0.15, -0.1) is 0 Å². The fraction of sp³-hybridized carbons (Fsp3) is 0.684. The predicted octanol–water partition coefficient (Wildman–Crippen LogP) is 4.27. The maximum absolute atomic E-state index is 3.42. The summed E-state index contributed by atoms with van der Waals surface area (Å²) in [6, 6.07) is 9.79. The Morgan fingerprint density at radius 3 is 2.19 bits per heavy atom. The number of likely N-dealkylation sites (N-methyl/N-ethyl adjacent to an activating group) is 1. The highest BCUT2D eigenvalue weighted by Gasteiger charge is 2.11. The lowest BCUT2D eigenvalue weighted by Gasteiger charge is -2.26. The minimum Gasteiger partial charge on any atom is -0.316 e. The molecule has 2 heteroatoms. The number of rotatable bonds is 9. The third-order valence-electron chi connectivity index (χ3n) is 4.25. The van der Waals surface area contributed by atoms with Crippen molar-refractivity contribution < 1.29 is 0 Å². The normalized spacial score (nSPS) is 14.7. The highest BCUT2D eigenvalue weighted by molar-refractivity contribution is 5.25. The number of nitrogens with zero attached hydrogens (tertiary/aromatic N) is 1. The smallest absolute Gasteiger partial charge is 0.0233 e. The molecule has 0 aliphatic heterocycles. The summed E-state index contributed by atoms with van der Waals surface area (Å²) in [6.45, 7) is 14.5. The second-order valence-corrected chi connectivity index (χ2v) is 6.84. The van der Waals surface area contributed by atoms with E-state index < -0.39 is 0 Å². The number of hydrogen-bond acceptors (Lipinski definition) is 2. The van der Waals surface area contributed by atoms with E-state index in [0.29, 0.717) is 12.0 Å². The van der Waals surface area contributed by atoms with Gasteiger partial charge in [-0.25, -0.2) is 0 Å². The first-order valence-corrected chi connectivity index (χ1v) is 8.43. The van der Waals surface area contributed by atoms with Crippen molar-refractivity contribution in [1.82, 2.24) is 10.2 Å². The Morgan fingerprint density at radius 2 is 1.67 bits per heavy atom. The molecule has 1 aromatic rings. The Hall–Kier alpha value is -0.860. The van der Waals surface area contributed by atoms with Crippen LogP contribution < -0.4 is 5.32 Å². The van der Waals surface area contributed by atoms with Crippen molar-refractivity contribution >= 4 is 0 Å². The van der Waals surface area contributed by atoms with Gasteiger partial charge in [-0.1, -0.05) is 52.0 Å². The van der Waals surface area contributed by atoms with Crippen molar-refractivity contribution in [3.63, 3.8) is 0 Å². The van der Waals surface area contributed by atoms with Gasteiger partial charge >= 0.3 is 0 Å². The fourth-order valence-corrected chi connectivity index (χ4v) is 2.74. The first kappa shape index (κ1) is 18.2. The topological polar surface area (TPSA) is 15.3 Å². The van der Waals surface area contributed by atoms with Crippen LogP contribution in [-0.4, -0.2) is 31.1 Å². The zero-order valence-corrected chi connectivity index (χ0v) is 14.8. The van der Waals surface area contributed by atoms with E-state index in [2.05, 4.69) is 76.1 Å². The summed E-state index contributed by atoms with van der Waals surface area (Å²) in [7, 11) is 2.23. The minimum absolute atomic E-state index is 0.580. The molecule has 21 heavy (non-hydrogen) atoms. The molecule has 0 saturated carbocycles. The van der Waals surface area contributed by atoms with Gasteiger partial charge in [-0.3, -0.25) is 4.90 Å². The largest absolute Gasteiger partial charge is 0.316 e. The molecule has 0 spiro atoms. The Labute approximate surface area is 131 Å². The summed E-state index contributed by atoms with van der Waals surface area (Å²) < 4.78 is 0. The second kappa shape index (κ2) is 9.22. The average molecular weight is 290 g/mol. The summed E-state index contributed by atoms with van der Waals surface area (Å²) in [5, 5.41) is 3.42. The standard InChI is InChI=1S/C19H34N2/c1-7-20-13-16(4)19-10-8-18(9-11-19)14-21(6)17(5)12-15(2)3/h8-11,15-17,20H,7,12-14H2,1-6H3. The van der Waals surface area contributed by atoms with Crippen LogP contribution in [0.3, 0.4) is 0 Å². The van der Waals surface area contributed by atoms with Crippen LogP contribution in [0.4, 0.5) is 0 Å². The van der Waals surface area contributed by atoms with Crippen LogP contribution in [0.15, 0.2) is 24.3 Å². The van der Waals surface area contributed by atoms with E-state index in [1.807, 2.05) is 0 Å². The maximum Gasteiger partial charge on any atom is 0.0233 e. The van der Waals surface area contributed by atoms with Crippen molar-refractivity contribution in [3.8, 4) is 0 Å². The van der Waals surface area contributed by atoms with Crippen molar-refractivity contribution in [2.45, 2.75) is 59.5 Å². The zero-order valence-electron chi connectivity index (χ0n) is 14.8. The van der Waals surface area contributed by atoms with E-state index in [1.165, 1.54) is 17.5 Å². The van der Waals surface area contributed by atoms with Crippen LogP contribution in [-0.2, 0) is 6.54 Å². The Balaban J connectivity index is 2.54. The van der Waals surface area contributed by atoms with Gasteiger partial charge < -0.3 is 5.32 Å². The molecule has 0 aliphatic carbocycles. The van der Waals surface area contributed by atoms with Crippen molar-refractivity contribution in [2.75, 3.05) is 20.1 Å². The average Bonchev–Trinajstić information content (AvgIpc) is 2.44. The quantitative estimate of drug-likeness (QED) is 0.731. The van der Waals surface area contributed by atoms with E-state index in [4.69, 9.17) is 0 Å². The first-order chi connectivity index (χ1) is 9.93. The lowest BCUT2D eigenvalue weighted by atomic mass is 9.99. The Morgan fingerprint density at radius 1 is 1.05 bits per heavy atom. The van der Waals surface area contributed by atoms with Crippen LogP contribution in [0, 0.1) is 5.92 Å². The Bertz CT molecular complexity index is 383. The van der Waals surface area contributed by atoms with E-state index in [0.717, 1.165) is 25.6 Å². The molecule has 1 aromatic carbocycles. The molecular weight excluding hydrogens is 256 g/mol. The summed E-state index contributed by atoms with van der Waals surface area (Å²) in [5.74, 6) is 1.34. The summed E-state index contributed by atoms with van der Waals surface area (Å²) in [4.78, 5) is 2.46. The summed E-state index contributed by atoms with van der Waals surface area (Å²) >= 11 is 0. The van der Waals surface area contributed by atoms with Crippen LogP contribution in [0.25, 0.3) is 0 Å². The van der Waals surface area contributed by atoms with Crippen LogP contribution in [0.5, 0.6) is 0 Å². The molecule has 0 saturated heterocycles. The lowest BCUT2D eigenvalue weighted by molar-refractivity contribution is 0.220. The molecule has 120 valence electrons. The van der Waals surface area contributed by atoms with Crippen LogP contribution in [0.2, 0.25) is 0 Å². The van der Waals surface area contributed by atoms with E-state index >= 15 is 0 Å². The highest BCUT2D eigenvalue weighted by Crippen LogP contribution is 2.17. The van der Waals surface area contributed by atoms with Gasteiger partial charge in [0.2, 0.25) is 0 Å². The van der Waals surface area contributed by atoms with Crippen LogP contribution >= 0.6 is 0 Å². The van der Waals surface area contributed by atoms with Gasteiger partial charge in [0.15, 0.2) is 0 Å². The number of benzene rings is 1. The lowest BCUT2D eigenvalue weighted by Crippen LogP contribution is -2.29. The van der Waals surface area contributed by atoms with Gasteiger partial charge in [0, 0.05) is 19.1 Å². The molecule has 0 amide bonds. The van der Waals surface area contributed by atoms with Crippen molar-refractivity contribution in [2.24, 2.45) is 5.92 Å². The summed E-state index contributed by atoms with van der Waals surface area (Å²) in [5.41, 5.74) is 2.84. The second-order valence-electron chi connectivity index (χ2n) is 6.84. The first-order valence-electron chi connectivity index (χ1n) is 8.43. The molecule has 0 heterocycles. The number of hydrogen-bond donors (Lipinski definition) is 1. The van der Waals surface area contributed by atoms with Crippen molar-refractivity contribution in [1.29, 1.82) is 0 Å². The summed E-state index contributed by atoms with van der Waals surface area (Å²) in [6.07, 6.45) is 1.26. The van der Waals surface area contributed by atoms with Gasteiger partial charge in [0.1, 0.15) is 0 Å². The van der Waals surface area contributed by atoms with E-state index in [-0.39, 0.29) is 0 Å². The highest BCUT2D eigenvalue weighted by atomic mass is 15.1. The molecule has 1 rings (SSSR count). The minimum atomic E-state index is 0.580. The van der Waals surface area contributed by atoms with Gasteiger partial charge in [-0.05, 0) is 49.9 Å². The maximum atomic E-state index is 3.42. The molecular formula is C19H34N2. The van der Waals surface area contributed by atoms with Crippen molar-refractivity contribution in [3.05, 3.63) is 35.4 Å². The fourth-order valence-electron chi connectivity index (χ4n) is 2.74. The van der Waals surface area contributed by atoms with Gasteiger partial charge in [0.25, 0.3) is 0 Å². The molecule has 1 N–H and O–H groups in total. The molecule has 0 fully saturated rings. The molecule has 0 bridgehead atoms. The molecule has 0 aromatic heterocycles. The molecule has 2 nitrogen and oxygen atoms in total. The Kier molecular flexibility index (Phi) is 7.98. The van der Waals surface area contributed by atoms with E-state index in [9.17, 15) is 0 Å². The SMILES string of the molecule is CCNCC(C)c1ccc(CN(C)C(C)CC(C)C)cc1. The van der Waals surface area contributed by atoms with E-state index in [1.54, 1.807) is 0 Å². The third-order valence-corrected chi connectivity index (χ3v) is 4.25. The molecule has 2 atom stereocenters. The molecule has 0 aliphatic rings. The van der Waals surface area contributed by atoms with Gasteiger partial charge in [-0.2, -0.15) is 0 Å². The van der Waals surface area contributed by atoms with Crippen LogP contribution in [0.1, 0.15) is 58.1 Å². The number of nitrogens with one attached hydrogen (secondary N) is 1. The molecule has 0 radical (unpaired) electrons. The molecule has 2 unspecified atom stereocenters.